The standard InChI is InChI=1S/C11H13IN2O4/c1-11(2,6-15)13-10(16)8-5-7(14(17)18)3-4-9(8)12/h3-5,15H,6H2,1-2H3,(H,13,16). The van der Waals surface area contributed by atoms with Crippen LogP contribution in [0.4, 0.5) is 5.69 Å². The number of nitro benzene ring substituents is 1. The second-order valence-corrected chi connectivity index (χ2v) is 5.58. The largest absolute Gasteiger partial charge is 0.394 e. The SMILES string of the molecule is CC(C)(CO)NC(=O)c1cc([N+](=O)[O-])ccc1I. The molecule has 0 unspecified atom stereocenters. The molecule has 0 aliphatic carbocycles. The van der Waals surface area contributed by atoms with Gasteiger partial charge in [0.2, 0.25) is 0 Å². The van der Waals surface area contributed by atoms with Gasteiger partial charge in [0.1, 0.15) is 0 Å². The smallest absolute Gasteiger partial charge is 0.270 e. The van der Waals surface area contributed by atoms with Crippen molar-refractivity contribution in [3.63, 3.8) is 0 Å². The minimum atomic E-state index is -0.773. The molecule has 0 radical (unpaired) electrons. The summed E-state index contributed by atoms with van der Waals surface area (Å²) in [6, 6.07) is 4.08. The third-order valence-corrected chi connectivity index (χ3v) is 3.19. The Morgan fingerprint density at radius 2 is 2.17 bits per heavy atom. The minimum Gasteiger partial charge on any atom is -0.394 e. The van der Waals surface area contributed by atoms with Crippen molar-refractivity contribution in [1.29, 1.82) is 0 Å². The molecule has 1 rings (SSSR count). The fourth-order valence-electron chi connectivity index (χ4n) is 1.22. The Bertz CT molecular complexity index is 488. The van der Waals surface area contributed by atoms with E-state index in [1.165, 1.54) is 18.2 Å². The lowest BCUT2D eigenvalue weighted by atomic mass is 10.1. The van der Waals surface area contributed by atoms with Crippen molar-refractivity contribution in [3.8, 4) is 0 Å². The topological polar surface area (TPSA) is 92.5 Å². The summed E-state index contributed by atoms with van der Waals surface area (Å²) in [4.78, 5) is 22.1. The zero-order valence-corrected chi connectivity index (χ0v) is 12.1. The molecule has 0 spiro atoms. The maximum Gasteiger partial charge on any atom is 0.270 e. The fraction of sp³-hybridized carbons (Fsp3) is 0.364. The molecule has 98 valence electrons. The van der Waals surface area contributed by atoms with Crippen LogP contribution in [0.1, 0.15) is 24.2 Å². The Hall–Kier alpha value is -1.22. The number of rotatable bonds is 4. The first kappa shape index (κ1) is 14.8. The van der Waals surface area contributed by atoms with Gasteiger partial charge in [-0.2, -0.15) is 0 Å². The van der Waals surface area contributed by atoms with E-state index < -0.39 is 16.4 Å². The number of halogens is 1. The van der Waals surface area contributed by atoms with Gasteiger partial charge in [0.25, 0.3) is 11.6 Å². The van der Waals surface area contributed by atoms with Crippen molar-refractivity contribution in [2.45, 2.75) is 19.4 Å². The van der Waals surface area contributed by atoms with Gasteiger partial charge in [-0.3, -0.25) is 14.9 Å². The van der Waals surface area contributed by atoms with Gasteiger partial charge < -0.3 is 10.4 Å². The average molecular weight is 364 g/mol. The molecular weight excluding hydrogens is 351 g/mol. The molecule has 1 amide bonds. The number of benzene rings is 1. The Morgan fingerprint density at radius 3 is 2.67 bits per heavy atom. The summed E-state index contributed by atoms with van der Waals surface area (Å²) in [6.45, 7) is 3.11. The summed E-state index contributed by atoms with van der Waals surface area (Å²) in [5, 5.41) is 22.3. The summed E-state index contributed by atoms with van der Waals surface area (Å²) in [7, 11) is 0. The molecule has 0 bridgehead atoms. The Morgan fingerprint density at radius 1 is 1.56 bits per heavy atom. The predicted molar refractivity (Wildman–Crippen MR) is 74.4 cm³/mol. The highest BCUT2D eigenvalue weighted by atomic mass is 127. The molecule has 1 aromatic rings. The first-order chi connectivity index (χ1) is 8.26. The number of nitrogens with zero attached hydrogens (tertiary/aromatic N) is 1. The van der Waals surface area contributed by atoms with Crippen LogP contribution in [0.15, 0.2) is 18.2 Å². The molecule has 0 heterocycles. The van der Waals surface area contributed by atoms with Crippen LogP contribution in [-0.2, 0) is 0 Å². The summed E-state index contributed by atoms with van der Waals surface area (Å²) >= 11 is 1.93. The monoisotopic (exact) mass is 364 g/mol. The van der Waals surface area contributed by atoms with Gasteiger partial charge >= 0.3 is 0 Å². The van der Waals surface area contributed by atoms with Crippen LogP contribution >= 0.6 is 22.6 Å². The van der Waals surface area contributed by atoms with Gasteiger partial charge in [0.05, 0.1) is 22.6 Å². The molecule has 0 saturated carbocycles. The lowest BCUT2D eigenvalue weighted by Crippen LogP contribution is -2.46. The highest BCUT2D eigenvalue weighted by Gasteiger charge is 2.22. The number of non-ortho nitro benzene ring substituents is 1. The maximum absolute atomic E-state index is 12.0. The Balaban J connectivity index is 3.05. The molecule has 0 aliphatic rings. The van der Waals surface area contributed by atoms with Crippen molar-refractivity contribution < 1.29 is 14.8 Å². The fourth-order valence-corrected chi connectivity index (χ4v) is 1.80. The third kappa shape index (κ3) is 3.64. The van der Waals surface area contributed by atoms with Gasteiger partial charge in [0, 0.05) is 15.7 Å². The number of nitro groups is 1. The van der Waals surface area contributed by atoms with Gasteiger partial charge in [0.15, 0.2) is 0 Å². The highest BCUT2D eigenvalue weighted by molar-refractivity contribution is 14.1. The van der Waals surface area contributed by atoms with Gasteiger partial charge in [-0.15, -0.1) is 0 Å². The molecule has 18 heavy (non-hydrogen) atoms. The van der Waals surface area contributed by atoms with E-state index in [0.29, 0.717) is 3.57 Å². The number of hydrogen-bond acceptors (Lipinski definition) is 4. The van der Waals surface area contributed by atoms with Gasteiger partial charge in [-0.25, -0.2) is 0 Å². The summed E-state index contributed by atoms with van der Waals surface area (Å²) < 4.78 is 0.615. The molecule has 7 heteroatoms. The van der Waals surface area contributed by atoms with Gasteiger partial charge in [-0.05, 0) is 42.5 Å². The Labute approximate surface area is 118 Å². The van der Waals surface area contributed by atoms with Crippen LogP contribution in [-0.4, -0.2) is 28.1 Å². The zero-order valence-electron chi connectivity index (χ0n) is 9.94. The van der Waals surface area contributed by atoms with Crippen LogP contribution in [0.5, 0.6) is 0 Å². The molecule has 0 aliphatic heterocycles. The van der Waals surface area contributed by atoms with E-state index in [-0.39, 0.29) is 17.9 Å². The number of amides is 1. The summed E-state index contributed by atoms with van der Waals surface area (Å²) in [6.07, 6.45) is 0. The number of nitrogens with one attached hydrogen (secondary N) is 1. The molecule has 0 saturated heterocycles. The molecular formula is C11H13IN2O4. The third-order valence-electron chi connectivity index (χ3n) is 2.25. The molecule has 1 aromatic carbocycles. The predicted octanol–water partition coefficient (Wildman–Crippen LogP) is 1.70. The van der Waals surface area contributed by atoms with Crippen molar-refractivity contribution in [2.24, 2.45) is 0 Å². The maximum atomic E-state index is 12.0. The van der Waals surface area contributed by atoms with Crippen LogP contribution in [0, 0.1) is 13.7 Å². The number of carbonyl (C=O) groups is 1. The second-order valence-electron chi connectivity index (χ2n) is 4.42. The number of aliphatic hydroxyl groups is 1. The summed E-state index contributed by atoms with van der Waals surface area (Å²) in [5.41, 5.74) is -0.682. The van der Waals surface area contributed by atoms with E-state index in [0.717, 1.165) is 0 Å². The van der Waals surface area contributed by atoms with Crippen molar-refractivity contribution in [2.75, 3.05) is 6.61 Å². The Kier molecular flexibility index (Phi) is 4.63. The quantitative estimate of drug-likeness (QED) is 0.483. The van der Waals surface area contributed by atoms with Crippen molar-refractivity contribution in [3.05, 3.63) is 37.4 Å². The van der Waals surface area contributed by atoms with E-state index in [1.807, 2.05) is 22.6 Å². The van der Waals surface area contributed by atoms with E-state index in [1.54, 1.807) is 13.8 Å². The van der Waals surface area contributed by atoms with Crippen LogP contribution in [0.3, 0.4) is 0 Å². The van der Waals surface area contributed by atoms with Crippen molar-refractivity contribution >= 4 is 34.2 Å². The molecule has 0 aromatic heterocycles. The van der Waals surface area contributed by atoms with Crippen LogP contribution < -0.4 is 5.32 Å². The first-order valence-electron chi connectivity index (χ1n) is 5.14. The van der Waals surface area contributed by atoms with E-state index in [9.17, 15) is 14.9 Å². The first-order valence-corrected chi connectivity index (χ1v) is 6.22. The van der Waals surface area contributed by atoms with Crippen molar-refractivity contribution in [1.82, 2.24) is 5.32 Å². The number of carbonyl (C=O) groups excluding carboxylic acids is 1. The van der Waals surface area contributed by atoms with Gasteiger partial charge in [-0.1, -0.05) is 0 Å². The lowest BCUT2D eigenvalue weighted by molar-refractivity contribution is -0.384. The minimum absolute atomic E-state index is 0.137. The van der Waals surface area contributed by atoms with Crippen LogP contribution in [0.2, 0.25) is 0 Å². The molecule has 2 N–H and O–H groups in total. The number of hydrogen-bond donors (Lipinski definition) is 2. The molecule has 6 nitrogen and oxygen atoms in total. The zero-order chi connectivity index (χ0) is 13.9. The van der Waals surface area contributed by atoms with Crippen LogP contribution in [0.25, 0.3) is 0 Å². The highest BCUT2D eigenvalue weighted by Crippen LogP contribution is 2.20. The average Bonchev–Trinajstić information content (AvgIpc) is 2.28. The normalized spacial score (nSPS) is 11.1. The van der Waals surface area contributed by atoms with E-state index >= 15 is 0 Å². The van der Waals surface area contributed by atoms with E-state index in [2.05, 4.69) is 5.32 Å². The van der Waals surface area contributed by atoms with E-state index in [4.69, 9.17) is 5.11 Å². The molecule has 0 atom stereocenters. The summed E-state index contributed by atoms with van der Waals surface area (Å²) in [5.74, 6) is -0.442. The molecule has 0 fully saturated rings. The number of aliphatic hydroxyl groups excluding tert-OH is 1. The lowest BCUT2D eigenvalue weighted by Gasteiger charge is -2.23. The second kappa shape index (κ2) is 5.61.